The maximum atomic E-state index is 14.3. The average molecular weight is 578 g/mol. The molecule has 2 aromatic carbocycles. The van der Waals surface area contributed by atoms with Crippen LogP contribution in [-0.2, 0) is 40.9 Å². The first-order valence-electron chi connectivity index (χ1n) is 13.5. The zero-order valence-corrected chi connectivity index (χ0v) is 25.5. The fraction of sp³-hybridized carbons (Fsp3) is 0.533. The summed E-state index contributed by atoms with van der Waals surface area (Å²) in [6.07, 6.45) is -0.329. The number of aryl methyl sites for hydroxylation is 1. The highest BCUT2D eigenvalue weighted by Gasteiger charge is 2.49. The van der Waals surface area contributed by atoms with Gasteiger partial charge in [0.15, 0.2) is 5.85 Å². The highest BCUT2D eigenvalue weighted by atomic mass is 31.2. The molecule has 0 heterocycles. The molecule has 40 heavy (non-hydrogen) atoms. The first kappa shape index (κ1) is 33.5. The number of alkyl carbamates (subject to hydrolysis) is 1. The lowest BCUT2D eigenvalue weighted by Gasteiger charge is -2.38. The Hall–Kier alpha value is -2.71. The van der Waals surface area contributed by atoms with E-state index in [0.29, 0.717) is 6.42 Å². The zero-order chi connectivity index (χ0) is 30.0. The van der Waals surface area contributed by atoms with Gasteiger partial charge in [0.05, 0.1) is 17.8 Å². The van der Waals surface area contributed by atoms with Crippen LogP contribution in [0.5, 0.6) is 0 Å². The van der Waals surface area contributed by atoms with E-state index in [1.54, 1.807) is 60.6 Å². The number of hydrogen-bond donors (Lipinski definition) is 2. The molecule has 0 aliphatic rings. The third kappa shape index (κ3) is 11.4. The molecule has 0 spiro atoms. The number of benzene rings is 2. The molecule has 1 amide bonds. The van der Waals surface area contributed by atoms with Crippen LogP contribution >= 0.6 is 7.60 Å². The normalized spacial score (nSPS) is 14.6. The van der Waals surface area contributed by atoms with Gasteiger partial charge in [0.25, 0.3) is 0 Å². The molecular formula is C30H44NO8P. The summed E-state index contributed by atoms with van der Waals surface area (Å²) in [5, 5.41) is 14.3. The minimum atomic E-state index is -4.29. The van der Waals surface area contributed by atoms with Crippen LogP contribution in [0, 0.1) is 5.92 Å². The highest BCUT2D eigenvalue weighted by Crippen LogP contribution is 2.60. The summed E-state index contributed by atoms with van der Waals surface area (Å²) in [5.74, 6) is -3.69. The van der Waals surface area contributed by atoms with E-state index in [-0.39, 0.29) is 19.6 Å². The number of carbonyl (C=O) groups excluding carboxylic acids is 2. The third-order valence-corrected chi connectivity index (χ3v) is 8.21. The van der Waals surface area contributed by atoms with Gasteiger partial charge in [0.1, 0.15) is 12.6 Å². The smallest absolute Gasteiger partial charge is 0.408 e. The molecule has 0 saturated heterocycles. The highest BCUT2D eigenvalue weighted by molar-refractivity contribution is 7.54. The second-order valence-corrected chi connectivity index (χ2v) is 13.5. The van der Waals surface area contributed by atoms with Crippen molar-refractivity contribution in [1.29, 1.82) is 0 Å². The molecular weight excluding hydrogens is 533 g/mol. The topological polar surface area (TPSA) is 120 Å². The van der Waals surface area contributed by atoms with E-state index in [9.17, 15) is 19.3 Å². The van der Waals surface area contributed by atoms with Gasteiger partial charge < -0.3 is 28.9 Å². The third-order valence-electron chi connectivity index (χ3n) is 5.57. The molecule has 0 bridgehead atoms. The van der Waals surface area contributed by atoms with Gasteiger partial charge in [-0.1, -0.05) is 60.7 Å². The predicted octanol–water partition coefficient (Wildman–Crippen LogP) is 6.24. The monoisotopic (exact) mass is 577 g/mol. The number of hydrogen-bond acceptors (Lipinski definition) is 8. The minimum absolute atomic E-state index is 0.0295. The number of amides is 1. The van der Waals surface area contributed by atoms with Gasteiger partial charge in [-0.25, -0.2) is 9.59 Å². The molecule has 0 fully saturated rings. The van der Waals surface area contributed by atoms with Crippen molar-refractivity contribution in [2.45, 2.75) is 91.0 Å². The van der Waals surface area contributed by atoms with Crippen LogP contribution in [0.15, 0.2) is 60.7 Å². The van der Waals surface area contributed by atoms with Crippen LogP contribution in [0.1, 0.15) is 66.0 Å². The predicted molar refractivity (Wildman–Crippen MR) is 154 cm³/mol. The summed E-state index contributed by atoms with van der Waals surface area (Å²) in [6, 6.07) is 17.1. The van der Waals surface area contributed by atoms with Gasteiger partial charge in [-0.05, 0) is 72.4 Å². The average Bonchev–Trinajstić information content (AvgIpc) is 2.86. The molecule has 1 unspecified atom stereocenters. The van der Waals surface area contributed by atoms with Crippen LogP contribution in [-0.4, -0.2) is 46.9 Å². The molecule has 0 radical (unpaired) electrons. The van der Waals surface area contributed by atoms with Gasteiger partial charge >= 0.3 is 19.7 Å². The Balaban J connectivity index is 2.46. The number of nitrogens with one attached hydrogen (secondary N) is 1. The van der Waals surface area contributed by atoms with Gasteiger partial charge in [0, 0.05) is 5.92 Å². The van der Waals surface area contributed by atoms with Gasteiger partial charge in [-0.15, -0.1) is 0 Å². The Morgan fingerprint density at radius 2 is 1.35 bits per heavy atom. The van der Waals surface area contributed by atoms with Crippen LogP contribution in [0.4, 0.5) is 4.79 Å². The number of esters is 1. The van der Waals surface area contributed by atoms with Crippen LogP contribution in [0.25, 0.3) is 0 Å². The quantitative estimate of drug-likeness (QED) is 0.212. The lowest BCUT2D eigenvalue weighted by molar-refractivity contribution is -0.148. The van der Waals surface area contributed by atoms with Crippen molar-refractivity contribution in [3.05, 3.63) is 71.8 Å². The van der Waals surface area contributed by atoms with Crippen molar-refractivity contribution in [2.75, 3.05) is 6.61 Å². The van der Waals surface area contributed by atoms with E-state index >= 15 is 0 Å². The number of aliphatic hydroxyl groups excluding tert-OH is 1. The maximum Gasteiger partial charge on any atom is 0.408 e. The summed E-state index contributed by atoms with van der Waals surface area (Å²) < 4.78 is 36.7. The first-order valence-corrected chi connectivity index (χ1v) is 15.1. The summed E-state index contributed by atoms with van der Waals surface area (Å²) in [5.41, 5.74) is -0.217. The van der Waals surface area contributed by atoms with Crippen LogP contribution in [0.2, 0.25) is 0 Å². The number of carbonyl (C=O) groups is 2. The number of ether oxygens (including phenoxy) is 2. The molecule has 0 aliphatic heterocycles. The van der Waals surface area contributed by atoms with Crippen LogP contribution < -0.4 is 5.32 Å². The van der Waals surface area contributed by atoms with Crippen molar-refractivity contribution in [2.24, 2.45) is 5.92 Å². The van der Waals surface area contributed by atoms with E-state index in [1.165, 1.54) is 0 Å². The second kappa shape index (κ2) is 14.8. The number of rotatable bonds is 13. The molecule has 222 valence electrons. The van der Waals surface area contributed by atoms with Crippen molar-refractivity contribution in [3.63, 3.8) is 0 Å². The molecule has 3 atom stereocenters. The van der Waals surface area contributed by atoms with E-state index in [0.717, 1.165) is 11.1 Å². The van der Waals surface area contributed by atoms with Crippen molar-refractivity contribution in [1.82, 2.24) is 5.32 Å². The van der Waals surface area contributed by atoms with E-state index in [4.69, 9.17) is 18.5 Å². The Morgan fingerprint density at radius 3 is 1.82 bits per heavy atom. The molecule has 2 N–H and O–H groups in total. The van der Waals surface area contributed by atoms with Crippen molar-refractivity contribution < 1.29 is 37.8 Å². The minimum Gasteiger partial charge on any atom is -0.464 e. The van der Waals surface area contributed by atoms with E-state index in [1.807, 2.05) is 48.5 Å². The lowest BCUT2D eigenvalue weighted by Crippen LogP contribution is -2.51. The van der Waals surface area contributed by atoms with E-state index in [2.05, 4.69) is 5.32 Å². The van der Waals surface area contributed by atoms with Gasteiger partial charge in [-0.2, -0.15) is 0 Å². The largest absolute Gasteiger partial charge is 0.464 e. The van der Waals surface area contributed by atoms with E-state index < -0.39 is 48.7 Å². The first-order chi connectivity index (χ1) is 18.6. The molecule has 0 aliphatic carbocycles. The molecule has 0 saturated carbocycles. The molecule has 10 heteroatoms. The zero-order valence-electron chi connectivity index (χ0n) is 24.6. The molecule has 2 rings (SSSR count). The Morgan fingerprint density at radius 1 is 0.850 bits per heavy atom. The fourth-order valence-electron chi connectivity index (χ4n) is 4.06. The lowest BCUT2D eigenvalue weighted by atomic mass is 9.92. The van der Waals surface area contributed by atoms with Crippen molar-refractivity contribution >= 4 is 19.7 Å². The summed E-state index contributed by atoms with van der Waals surface area (Å²) in [6.45, 7) is 11.8. The summed E-state index contributed by atoms with van der Waals surface area (Å²) in [7, 11) is -4.29. The Kier molecular flexibility index (Phi) is 12.4. The second-order valence-electron chi connectivity index (χ2n) is 11.5. The molecule has 2 aromatic rings. The SMILES string of the molecule is CCOC(=O)[C@@H](NC(=O)OCc1ccccc1)[C@@H](CCc1ccccc1)C(O)P(=O)(OC(C)(C)C)OC(C)(C)C. The Labute approximate surface area is 238 Å². The fourth-order valence-corrected chi connectivity index (χ4v) is 6.63. The molecule has 9 nitrogen and oxygen atoms in total. The summed E-state index contributed by atoms with van der Waals surface area (Å²) >= 11 is 0. The standard InChI is InChI=1S/C30H44NO8P/c1-8-36-26(32)25(31-28(34)37-21-23-17-13-10-14-18-23)24(20-19-22-15-11-9-12-16-22)27(33)40(35,38-29(2,3)4)39-30(5,6)7/h9-18,24-25,27,33H,8,19-21H2,1-7H3,(H,31,34)/t24-,25+,27?/m1/s1. The van der Waals surface area contributed by atoms with Gasteiger partial charge in [0.2, 0.25) is 0 Å². The molecule has 0 aromatic heterocycles. The van der Waals surface area contributed by atoms with Crippen molar-refractivity contribution in [3.8, 4) is 0 Å². The maximum absolute atomic E-state index is 14.3. The van der Waals surface area contributed by atoms with Gasteiger partial charge in [-0.3, -0.25) is 4.57 Å². The number of aliphatic hydroxyl groups is 1. The summed E-state index contributed by atoms with van der Waals surface area (Å²) in [4.78, 5) is 26.1. The van der Waals surface area contributed by atoms with Crippen LogP contribution in [0.3, 0.4) is 0 Å². The Bertz CT molecular complexity index is 1090.